The van der Waals surface area contributed by atoms with Gasteiger partial charge >= 0.3 is 0 Å². The first kappa shape index (κ1) is 15.1. The van der Waals surface area contributed by atoms with E-state index < -0.39 is 0 Å². The predicted molar refractivity (Wildman–Crippen MR) is 84.4 cm³/mol. The Kier molecular flexibility index (Phi) is 4.62. The molecule has 1 aromatic heterocycles. The zero-order valence-corrected chi connectivity index (χ0v) is 13.0. The van der Waals surface area contributed by atoms with Crippen LogP contribution in [0.5, 0.6) is 0 Å². The van der Waals surface area contributed by atoms with Crippen molar-refractivity contribution in [1.29, 1.82) is 0 Å². The molecule has 2 rings (SSSR count). The molecule has 0 fully saturated rings. The van der Waals surface area contributed by atoms with Crippen molar-refractivity contribution in [3.63, 3.8) is 0 Å². The van der Waals surface area contributed by atoms with E-state index in [0.29, 0.717) is 12.1 Å². The second-order valence-electron chi connectivity index (χ2n) is 5.20. The summed E-state index contributed by atoms with van der Waals surface area (Å²) < 4.78 is 1.78. The van der Waals surface area contributed by atoms with Crippen LogP contribution in [-0.2, 0) is 7.05 Å². The highest BCUT2D eigenvalue weighted by atomic mass is 16.1. The van der Waals surface area contributed by atoms with Gasteiger partial charge in [-0.25, -0.2) is 0 Å². The zero-order valence-electron chi connectivity index (χ0n) is 13.0. The Balaban J connectivity index is 2.19. The highest BCUT2D eigenvalue weighted by Crippen LogP contribution is 2.23. The number of aromatic nitrogens is 2. The molecule has 1 aromatic carbocycles. The van der Waals surface area contributed by atoms with E-state index in [1.807, 2.05) is 51.5 Å². The number of nitrogens with zero attached hydrogens (tertiary/aromatic N) is 2. The topological polar surface area (TPSA) is 59.0 Å². The molecule has 112 valence electrons. The van der Waals surface area contributed by atoms with Crippen molar-refractivity contribution in [2.45, 2.75) is 26.8 Å². The first-order valence-electron chi connectivity index (χ1n) is 7.15. The molecule has 0 aliphatic heterocycles. The van der Waals surface area contributed by atoms with Crippen molar-refractivity contribution in [3.8, 4) is 0 Å². The average molecular weight is 286 g/mol. The number of rotatable bonds is 5. The molecule has 1 heterocycles. The minimum Gasteiger partial charge on any atom is -0.378 e. The summed E-state index contributed by atoms with van der Waals surface area (Å²) in [4.78, 5) is 11.9. The number of carbonyl (C=O) groups is 1. The molecule has 0 radical (unpaired) electrons. The minimum absolute atomic E-state index is 0.0467. The van der Waals surface area contributed by atoms with Gasteiger partial charge in [0, 0.05) is 36.6 Å². The van der Waals surface area contributed by atoms with Crippen molar-refractivity contribution < 1.29 is 4.79 Å². The summed E-state index contributed by atoms with van der Waals surface area (Å²) in [6, 6.07) is 5.83. The largest absolute Gasteiger partial charge is 0.378 e. The van der Waals surface area contributed by atoms with E-state index in [9.17, 15) is 4.79 Å². The van der Waals surface area contributed by atoms with Gasteiger partial charge in [-0.05, 0) is 38.5 Å². The zero-order chi connectivity index (χ0) is 15.4. The van der Waals surface area contributed by atoms with Crippen LogP contribution in [0.3, 0.4) is 0 Å². The fourth-order valence-electron chi connectivity index (χ4n) is 2.16. The molecule has 0 bridgehead atoms. The Labute approximate surface area is 125 Å². The highest BCUT2D eigenvalue weighted by molar-refractivity contribution is 5.95. The summed E-state index contributed by atoms with van der Waals surface area (Å²) in [5.74, 6) is -0.0467. The Morgan fingerprint density at radius 1 is 1.43 bits per heavy atom. The lowest BCUT2D eigenvalue weighted by molar-refractivity contribution is 0.0956. The van der Waals surface area contributed by atoms with Crippen LogP contribution in [0.25, 0.3) is 0 Å². The smallest absolute Gasteiger partial charge is 0.251 e. The van der Waals surface area contributed by atoms with Gasteiger partial charge in [0.15, 0.2) is 0 Å². The second kappa shape index (κ2) is 6.43. The van der Waals surface area contributed by atoms with Crippen molar-refractivity contribution in [2.24, 2.45) is 7.05 Å². The maximum absolute atomic E-state index is 11.9. The molecule has 1 atom stereocenters. The summed E-state index contributed by atoms with van der Waals surface area (Å²) in [5, 5.41) is 10.4. The number of benzene rings is 1. The highest BCUT2D eigenvalue weighted by Gasteiger charge is 2.11. The van der Waals surface area contributed by atoms with Crippen molar-refractivity contribution in [1.82, 2.24) is 15.1 Å². The number of hydrogen-bond donors (Lipinski definition) is 2. The molecular weight excluding hydrogens is 264 g/mol. The van der Waals surface area contributed by atoms with Gasteiger partial charge in [0.25, 0.3) is 5.91 Å². The number of carbonyl (C=O) groups excluding carboxylic acids is 1. The second-order valence-corrected chi connectivity index (χ2v) is 5.20. The van der Waals surface area contributed by atoms with Crippen LogP contribution in [0.15, 0.2) is 30.6 Å². The maximum atomic E-state index is 11.9. The fourth-order valence-corrected chi connectivity index (χ4v) is 2.16. The summed E-state index contributed by atoms with van der Waals surface area (Å²) in [5.41, 5.74) is 3.86. The van der Waals surface area contributed by atoms with Crippen LogP contribution in [0.1, 0.15) is 41.4 Å². The van der Waals surface area contributed by atoms with E-state index in [4.69, 9.17) is 0 Å². The lowest BCUT2D eigenvalue weighted by Crippen LogP contribution is -2.22. The Bertz CT molecular complexity index is 633. The monoisotopic (exact) mass is 286 g/mol. The molecule has 1 amide bonds. The van der Waals surface area contributed by atoms with Crippen LogP contribution >= 0.6 is 0 Å². The molecule has 2 aromatic rings. The van der Waals surface area contributed by atoms with Gasteiger partial charge < -0.3 is 10.6 Å². The van der Waals surface area contributed by atoms with Gasteiger partial charge in [0.2, 0.25) is 0 Å². The molecule has 5 nitrogen and oxygen atoms in total. The number of hydrogen-bond acceptors (Lipinski definition) is 3. The van der Waals surface area contributed by atoms with Gasteiger partial charge in [0.05, 0.1) is 12.2 Å². The molecule has 0 saturated heterocycles. The number of nitrogens with one attached hydrogen (secondary N) is 2. The van der Waals surface area contributed by atoms with Gasteiger partial charge in [-0.3, -0.25) is 9.48 Å². The average Bonchev–Trinajstić information content (AvgIpc) is 2.88. The molecule has 5 heteroatoms. The standard InChI is InChI=1S/C16H22N4O/c1-5-17-16(21)13-7-6-11(2)15(8-13)19-12(3)14-9-18-20(4)10-14/h6-10,12,19H,5H2,1-4H3,(H,17,21). The summed E-state index contributed by atoms with van der Waals surface area (Å²) in [6.45, 7) is 6.65. The molecule has 0 aliphatic carbocycles. The predicted octanol–water partition coefficient (Wildman–Crippen LogP) is 2.65. The molecule has 0 spiro atoms. The van der Waals surface area contributed by atoms with E-state index in [2.05, 4.69) is 22.7 Å². The number of amides is 1. The SMILES string of the molecule is CCNC(=O)c1ccc(C)c(NC(C)c2cnn(C)c2)c1. The third-order valence-corrected chi connectivity index (χ3v) is 3.43. The Hall–Kier alpha value is -2.30. The van der Waals surface area contributed by atoms with Crippen molar-refractivity contribution >= 4 is 11.6 Å². The molecule has 0 saturated carbocycles. The summed E-state index contributed by atoms with van der Waals surface area (Å²) in [7, 11) is 1.90. The normalized spacial score (nSPS) is 12.0. The van der Waals surface area contributed by atoms with Crippen LogP contribution in [-0.4, -0.2) is 22.2 Å². The lowest BCUT2D eigenvalue weighted by atomic mass is 10.1. The van der Waals surface area contributed by atoms with Gasteiger partial charge in [-0.2, -0.15) is 5.10 Å². The summed E-state index contributed by atoms with van der Waals surface area (Å²) >= 11 is 0. The Morgan fingerprint density at radius 2 is 2.19 bits per heavy atom. The lowest BCUT2D eigenvalue weighted by Gasteiger charge is -2.16. The number of anilines is 1. The third-order valence-electron chi connectivity index (χ3n) is 3.43. The first-order chi connectivity index (χ1) is 10.0. The van der Waals surface area contributed by atoms with Gasteiger partial charge in [-0.1, -0.05) is 6.07 Å². The third kappa shape index (κ3) is 3.62. The van der Waals surface area contributed by atoms with E-state index >= 15 is 0 Å². The minimum atomic E-state index is -0.0467. The molecular formula is C16H22N4O. The van der Waals surface area contributed by atoms with Gasteiger partial charge in [0.1, 0.15) is 0 Å². The number of aryl methyl sites for hydroxylation is 2. The van der Waals surface area contributed by atoms with Crippen LogP contribution in [0, 0.1) is 6.92 Å². The fraction of sp³-hybridized carbons (Fsp3) is 0.375. The van der Waals surface area contributed by atoms with Crippen molar-refractivity contribution in [2.75, 3.05) is 11.9 Å². The molecule has 1 unspecified atom stereocenters. The van der Waals surface area contributed by atoms with Crippen LogP contribution < -0.4 is 10.6 Å². The molecule has 0 aliphatic rings. The first-order valence-corrected chi connectivity index (χ1v) is 7.15. The quantitative estimate of drug-likeness (QED) is 0.888. The van der Waals surface area contributed by atoms with E-state index in [0.717, 1.165) is 16.8 Å². The van der Waals surface area contributed by atoms with Crippen molar-refractivity contribution in [3.05, 3.63) is 47.3 Å². The molecule has 2 N–H and O–H groups in total. The van der Waals surface area contributed by atoms with E-state index in [1.54, 1.807) is 4.68 Å². The van der Waals surface area contributed by atoms with Crippen LogP contribution in [0.2, 0.25) is 0 Å². The Morgan fingerprint density at radius 3 is 2.81 bits per heavy atom. The van der Waals surface area contributed by atoms with Gasteiger partial charge in [-0.15, -0.1) is 0 Å². The maximum Gasteiger partial charge on any atom is 0.251 e. The van der Waals surface area contributed by atoms with E-state index in [1.165, 1.54) is 0 Å². The molecule has 21 heavy (non-hydrogen) atoms. The summed E-state index contributed by atoms with van der Waals surface area (Å²) in [6.07, 6.45) is 3.83. The van der Waals surface area contributed by atoms with E-state index in [-0.39, 0.29) is 11.9 Å². The van der Waals surface area contributed by atoms with Crippen LogP contribution in [0.4, 0.5) is 5.69 Å².